The molecule has 0 N–H and O–H groups in total. The first-order chi connectivity index (χ1) is 8.34. The molecule has 1 aliphatic carbocycles. The lowest BCUT2D eigenvalue weighted by Gasteiger charge is -2.09. The molecule has 0 aromatic carbocycles. The lowest BCUT2D eigenvalue weighted by molar-refractivity contribution is -0.386. The van der Waals surface area contributed by atoms with Crippen molar-refractivity contribution in [2.75, 3.05) is 0 Å². The lowest BCUT2D eigenvalue weighted by Crippen LogP contribution is -2.13. The van der Waals surface area contributed by atoms with Crippen molar-refractivity contribution in [1.29, 1.82) is 5.26 Å². The van der Waals surface area contributed by atoms with Gasteiger partial charge in [0.05, 0.1) is 10.5 Å². The maximum atomic E-state index is 12.6. The Hall–Kier alpha value is -2.17. The molecule has 1 heterocycles. The summed E-state index contributed by atoms with van der Waals surface area (Å²) in [5.41, 5.74) is -2.86. The van der Waals surface area contributed by atoms with Gasteiger partial charge in [-0.3, -0.25) is 10.1 Å². The van der Waals surface area contributed by atoms with Gasteiger partial charge in [-0.1, -0.05) is 0 Å². The normalized spacial score (nSPS) is 15.2. The van der Waals surface area contributed by atoms with Gasteiger partial charge >= 0.3 is 6.18 Å². The zero-order valence-corrected chi connectivity index (χ0v) is 8.86. The number of hydrogen-bond donors (Lipinski definition) is 0. The Bertz CT molecular complexity index is 559. The maximum absolute atomic E-state index is 12.6. The van der Waals surface area contributed by atoms with Crippen molar-refractivity contribution in [3.63, 3.8) is 0 Å². The molecule has 1 fully saturated rings. The third-order valence-corrected chi connectivity index (χ3v) is 2.58. The summed E-state index contributed by atoms with van der Waals surface area (Å²) in [6.07, 6.45) is -3.63. The van der Waals surface area contributed by atoms with Crippen molar-refractivity contribution in [3.8, 4) is 6.07 Å². The van der Waals surface area contributed by atoms with Crippen LogP contribution in [0.4, 0.5) is 18.9 Å². The van der Waals surface area contributed by atoms with E-state index in [-0.39, 0.29) is 11.6 Å². The molecule has 1 saturated carbocycles. The highest BCUT2D eigenvalue weighted by Crippen LogP contribution is 2.44. The monoisotopic (exact) mass is 257 g/mol. The number of nitriles is 1. The summed E-state index contributed by atoms with van der Waals surface area (Å²) in [5, 5.41) is 19.4. The summed E-state index contributed by atoms with van der Waals surface area (Å²) in [5.74, 6) is -0.306. The van der Waals surface area contributed by atoms with Crippen molar-refractivity contribution in [2.24, 2.45) is 0 Å². The average Bonchev–Trinajstić information content (AvgIpc) is 3.09. The second kappa shape index (κ2) is 3.94. The molecule has 0 unspecified atom stereocenters. The minimum Gasteiger partial charge on any atom is -0.258 e. The molecule has 0 bridgehead atoms. The predicted octanol–water partition coefficient (Wildman–Crippen LogP) is 2.76. The zero-order chi connectivity index (χ0) is 13.5. The zero-order valence-electron chi connectivity index (χ0n) is 8.86. The van der Waals surface area contributed by atoms with Crippen molar-refractivity contribution < 1.29 is 18.1 Å². The molecular weight excluding hydrogens is 251 g/mol. The van der Waals surface area contributed by atoms with Crippen LogP contribution in [0.3, 0.4) is 0 Å². The molecule has 94 valence electrons. The summed E-state index contributed by atoms with van der Waals surface area (Å²) < 4.78 is 37.9. The molecule has 0 saturated heterocycles. The van der Waals surface area contributed by atoms with E-state index >= 15 is 0 Å². The smallest absolute Gasteiger partial charge is 0.258 e. The Kier molecular flexibility index (Phi) is 2.69. The molecule has 18 heavy (non-hydrogen) atoms. The van der Waals surface area contributed by atoms with Crippen LogP contribution >= 0.6 is 0 Å². The number of nitrogens with zero attached hydrogens (tertiary/aromatic N) is 3. The Balaban J connectivity index is 2.66. The first kappa shape index (κ1) is 12.3. The summed E-state index contributed by atoms with van der Waals surface area (Å²) in [4.78, 5) is 13.3. The Morgan fingerprint density at radius 3 is 2.50 bits per heavy atom. The molecule has 0 spiro atoms. The van der Waals surface area contributed by atoms with Crippen LogP contribution < -0.4 is 0 Å². The Morgan fingerprint density at radius 1 is 1.50 bits per heavy atom. The van der Waals surface area contributed by atoms with Gasteiger partial charge in [0.25, 0.3) is 5.69 Å². The molecule has 1 aromatic heterocycles. The van der Waals surface area contributed by atoms with E-state index in [0.717, 1.165) is 0 Å². The van der Waals surface area contributed by atoms with Gasteiger partial charge in [0.1, 0.15) is 11.8 Å². The van der Waals surface area contributed by atoms with Crippen molar-refractivity contribution in [1.82, 2.24) is 4.98 Å². The lowest BCUT2D eigenvalue weighted by atomic mass is 10.1. The van der Waals surface area contributed by atoms with Crippen LogP contribution in [0.2, 0.25) is 0 Å². The van der Waals surface area contributed by atoms with Crippen molar-refractivity contribution >= 4 is 5.69 Å². The van der Waals surface area contributed by atoms with Crippen LogP contribution in [0.1, 0.15) is 35.7 Å². The number of halogens is 3. The summed E-state index contributed by atoms with van der Waals surface area (Å²) >= 11 is 0. The Labute approximate surface area is 99.0 Å². The molecule has 0 atom stereocenters. The van der Waals surface area contributed by atoms with E-state index in [9.17, 15) is 23.3 Å². The van der Waals surface area contributed by atoms with Crippen LogP contribution in [0.25, 0.3) is 0 Å². The van der Waals surface area contributed by atoms with Gasteiger partial charge in [-0.2, -0.15) is 18.4 Å². The third-order valence-electron chi connectivity index (χ3n) is 2.58. The summed E-state index contributed by atoms with van der Waals surface area (Å²) in [6, 6.07) is 1.95. The van der Waals surface area contributed by atoms with E-state index in [1.54, 1.807) is 0 Å². The molecule has 0 radical (unpaired) electrons. The van der Waals surface area contributed by atoms with E-state index < -0.39 is 28.0 Å². The molecular formula is C10H6F3N3O2. The minimum atomic E-state index is -4.79. The second-order valence-electron chi connectivity index (χ2n) is 3.93. The molecule has 0 aliphatic heterocycles. The van der Waals surface area contributed by atoms with Crippen LogP contribution in [-0.2, 0) is 6.18 Å². The number of aromatic nitrogens is 1. The number of nitro groups is 1. The van der Waals surface area contributed by atoms with Crippen molar-refractivity contribution in [3.05, 3.63) is 33.1 Å². The molecule has 5 nitrogen and oxygen atoms in total. The van der Waals surface area contributed by atoms with Gasteiger partial charge in [0.15, 0.2) is 5.69 Å². The SMILES string of the molecule is N#Cc1cc([N+](=O)[O-])c(C2CC2)nc1C(F)(F)F. The predicted molar refractivity (Wildman–Crippen MR) is 52.6 cm³/mol. The molecule has 1 aliphatic rings. The van der Waals surface area contributed by atoms with Crippen molar-refractivity contribution in [2.45, 2.75) is 24.9 Å². The minimum absolute atomic E-state index is 0.175. The molecule has 8 heteroatoms. The standard InChI is InChI=1S/C10H6F3N3O2/c11-10(12,13)9-6(4-14)3-7(16(17)18)8(15-9)5-1-2-5/h3,5H,1-2H2. The van der Waals surface area contributed by atoms with Gasteiger partial charge in [-0.25, -0.2) is 4.98 Å². The summed E-state index contributed by atoms with van der Waals surface area (Å²) in [7, 11) is 0. The highest BCUT2D eigenvalue weighted by Gasteiger charge is 2.41. The van der Waals surface area contributed by atoms with E-state index in [0.29, 0.717) is 18.9 Å². The van der Waals surface area contributed by atoms with Gasteiger partial charge in [-0.05, 0) is 12.8 Å². The van der Waals surface area contributed by atoms with Crippen LogP contribution in [-0.4, -0.2) is 9.91 Å². The molecule has 1 aromatic rings. The fourth-order valence-electron chi connectivity index (χ4n) is 1.62. The number of hydrogen-bond acceptors (Lipinski definition) is 4. The fraction of sp³-hybridized carbons (Fsp3) is 0.400. The van der Waals surface area contributed by atoms with E-state index in [2.05, 4.69) is 4.98 Å². The Morgan fingerprint density at radius 2 is 2.11 bits per heavy atom. The van der Waals surface area contributed by atoms with Crippen LogP contribution in [0.15, 0.2) is 6.07 Å². The van der Waals surface area contributed by atoms with E-state index in [4.69, 9.17) is 5.26 Å². The van der Waals surface area contributed by atoms with Crippen LogP contribution in [0.5, 0.6) is 0 Å². The molecule has 2 rings (SSSR count). The van der Waals surface area contributed by atoms with Gasteiger partial charge in [0, 0.05) is 12.0 Å². The van der Waals surface area contributed by atoms with Crippen LogP contribution in [0, 0.1) is 21.4 Å². The van der Waals surface area contributed by atoms with Gasteiger partial charge < -0.3 is 0 Å². The third kappa shape index (κ3) is 2.11. The topological polar surface area (TPSA) is 79.8 Å². The number of rotatable bonds is 2. The average molecular weight is 257 g/mol. The number of pyridine rings is 1. The van der Waals surface area contributed by atoms with E-state index in [1.807, 2.05) is 0 Å². The molecule has 0 amide bonds. The maximum Gasteiger partial charge on any atom is 0.434 e. The fourth-order valence-corrected chi connectivity index (χ4v) is 1.62. The van der Waals surface area contributed by atoms with Gasteiger partial charge in [0.2, 0.25) is 0 Å². The first-order valence-electron chi connectivity index (χ1n) is 5.01. The summed E-state index contributed by atoms with van der Waals surface area (Å²) in [6.45, 7) is 0. The van der Waals surface area contributed by atoms with Gasteiger partial charge in [-0.15, -0.1) is 0 Å². The largest absolute Gasteiger partial charge is 0.434 e. The highest BCUT2D eigenvalue weighted by atomic mass is 19.4. The second-order valence-corrected chi connectivity index (χ2v) is 3.93. The first-order valence-corrected chi connectivity index (χ1v) is 5.01. The number of alkyl halides is 3. The highest BCUT2D eigenvalue weighted by molar-refractivity contribution is 5.49. The quantitative estimate of drug-likeness (QED) is 0.602. The van der Waals surface area contributed by atoms with E-state index in [1.165, 1.54) is 6.07 Å².